The highest BCUT2D eigenvalue weighted by Crippen LogP contribution is 2.47. The number of sulfone groups is 1. The van der Waals surface area contributed by atoms with Crippen molar-refractivity contribution in [2.75, 3.05) is 42.4 Å². The Morgan fingerprint density at radius 3 is 2.55 bits per heavy atom. The van der Waals surface area contributed by atoms with Gasteiger partial charge in [-0.25, -0.2) is 8.42 Å². The molecule has 2 unspecified atom stereocenters. The quantitative estimate of drug-likeness (QED) is 0.836. The van der Waals surface area contributed by atoms with Crippen LogP contribution in [0, 0.1) is 5.41 Å². The first-order valence-electron chi connectivity index (χ1n) is 7.06. The zero-order chi connectivity index (χ0) is 15.0. The van der Waals surface area contributed by atoms with Crippen molar-refractivity contribution in [2.24, 2.45) is 11.1 Å². The highest BCUT2D eigenvalue weighted by Gasteiger charge is 2.53. The summed E-state index contributed by atoms with van der Waals surface area (Å²) in [5, 5.41) is -0.386. The van der Waals surface area contributed by atoms with Gasteiger partial charge in [0.1, 0.15) is 5.37 Å². The molecule has 2 atom stereocenters. The van der Waals surface area contributed by atoms with Crippen molar-refractivity contribution in [3.63, 3.8) is 0 Å². The SMILES string of the molecule is CC1(C)CCSCC1(CN)N1CCSCC1S(C)(=O)=O. The van der Waals surface area contributed by atoms with Crippen LogP contribution in [0.5, 0.6) is 0 Å². The Kier molecular flexibility index (Phi) is 5.07. The van der Waals surface area contributed by atoms with E-state index in [1.807, 2.05) is 11.8 Å². The molecule has 0 bridgehead atoms. The van der Waals surface area contributed by atoms with E-state index in [0.29, 0.717) is 12.3 Å². The highest BCUT2D eigenvalue weighted by atomic mass is 32.2. The molecule has 0 aliphatic carbocycles. The second-order valence-electron chi connectivity index (χ2n) is 6.47. The lowest BCUT2D eigenvalue weighted by Crippen LogP contribution is -2.70. The summed E-state index contributed by atoms with van der Waals surface area (Å²) in [6, 6.07) is 0. The Morgan fingerprint density at radius 1 is 1.30 bits per heavy atom. The third-order valence-corrected chi connectivity index (χ3v) is 8.76. The van der Waals surface area contributed by atoms with Crippen LogP contribution >= 0.6 is 23.5 Å². The van der Waals surface area contributed by atoms with E-state index in [1.165, 1.54) is 6.26 Å². The standard InChI is InChI=1S/C13H26N2O2S3/c1-12(2)4-6-19-10-13(12,9-14)15-5-7-18-8-11(15)20(3,16)17/h11H,4-10,14H2,1-3H3. The van der Waals surface area contributed by atoms with Crippen LogP contribution in [0.15, 0.2) is 0 Å². The lowest BCUT2D eigenvalue weighted by molar-refractivity contribution is -0.00175. The zero-order valence-corrected chi connectivity index (χ0v) is 15.0. The molecule has 2 fully saturated rings. The minimum atomic E-state index is -3.08. The van der Waals surface area contributed by atoms with Crippen LogP contribution in [0.25, 0.3) is 0 Å². The summed E-state index contributed by atoms with van der Waals surface area (Å²) >= 11 is 3.65. The van der Waals surface area contributed by atoms with Gasteiger partial charge in [0.05, 0.1) is 0 Å². The Hall–Kier alpha value is 0.570. The molecule has 4 nitrogen and oxygen atoms in total. The number of thioether (sulfide) groups is 2. The Morgan fingerprint density at radius 2 is 2.00 bits per heavy atom. The monoisotopic (exact) mass is 338 g/mol. The van der Waals surface area contributed by atoms with Crippen LogP contribution in [0.1, 0.15) is 20.3 Å². The van der Waals surface area contributed by atoms with E-state index >= 15 is 0 Å². The average molecular weight is 339 g/mol. The van der Waals surface area contributed by atoms with Gasteiger partial charge in [-0.2, -0.15) is 23.5 Å². The predicted octanol–water partition coefficient (Wildman–Crippen LogP) is 1.27. The lowest BCUT2D eigenvalue weighted by Gasteiger charge is -2.58. The van der Waals surface area contributed by atoms with Gasteiger partial charge in [0.15, 0.2) is 9.84 Å². The molecule has 0 aromatic rings. The van der Waals surface area contributed by atoms with Gasteiger partial charge < -0.3 is 5.73 Å². The Bertz CT molecular complexity index is 453. The van der Waals surface area contributed by atoms with Gasteiger partial charge in [0, 0.05) is 42.1 Å². The van der Waals surface area contributed by atoms with Crippen LogP contribution in [-0.2, 0) is 9.84 Å². The first-order chi connectivity index (χ1) is 9.24. The van der Waals surface area contributed by atoms with Gasteiger partial charge in [0.2, 0.25) is 0 Å². The third kappa shape index (κ3) is 2.89. The second kappa shape index (κ2) is 5.99. The van der Waals surface area contributed by atoms with Crippen LogP contribution in [0.4, 0.5) is 0 Å². The van der Waals surface area contributed by atoms with Crippen LogP contribution in [0.2, 0.25) is 0 Å². The molecule has 0 spiro atoms. The zero-order valence-electron chi connectivity index (χ0n) is 12.6. The molecule has 118 valence electrons. The Labute approximate surface area is 131 Å². The van der Waals surface area contributed by atoms with E-state index in [-0.39, 0.29) is 16.3 Å². The molecule has 2 aliphatic heterocycles. The molecule has 7 heteroatoms. The first kappa shape index (κ1) is 16.9. The fraction of sp³-hybridized carbons (Fsp3) is 1.00. The van der Waals surface area contributed by atoms with Crippen molar-refractivity contribution in [2.45, 2.75) is 31.2 Å². The molecule has 2 N–H and O–H groups in total. The van der Waals surface area contributed by atoms with Gasteiger partial charge in [-0.3, -0.25) is 4.90 Å². The van der Waals surface area contributed by atoms with Crippen LogP contribution in [-0.4, -0.2) is 66.6 Å². The van der Waals surface area contributed by atoms with E-state index in [9.17, 15) is 8.42 Å². The fourth-order valence-electron chi connectivity index (χ4n) is 3.35. The third-order valence-electron chi connectivity index (χ3n) is 4.94. The number of hydrogen-bond acceptors (Lipinski definition) is 6. The van der Waals surface area contributed by atoms with Crippen molar-refractivity contribution in [1.82, 2.24) is 4.90 Å². The summed E-state index contributed by atoms with van der Waals surface area (Å²) in [5.74, 6) is 3.74. The van der Waals surface area contributed by atoms with Crippen molar-refractivity contribution >= 4 is 33.4 Å². The maximum atomic E-state index is 12.2. The molecule has 20 heavy (non-hydrogen) atoms. The lowest BCUT2D eigenvalue weighted by atomic mass is 9.69. The summed E-state index contributed by atoms with van der Waals surface area (Å²) in [5.41, 5.74) is 6.04. The topological polar surface area (TPSA) is 63.4 Å². The van der Waals surface area contributed by atoms with E-state index < -0.39 is 9.84 Å². The minimum absolute atomic E-state index is 0.0535. The fourth-order valence-corrected chi connectivity index (χ4v) is 8.08. The van der Waals surface area contributed by atoms with E-state index in [0.717, 1.165) is 30.2 Å². The molecule has 0 amide bonds. The van der Waals surface area contributed by atoms with E-state index in [2.05, 4.69) is 18.7 Å². The molecular weight excluding hydrogens is 312 g/mol. The number of nitrogens with zero attached hydrogens (tertiary/aromatic N) is 1. The predicted molar refractivity (Wildman–Crippen MR) is 90.2 cm³/mol. The summed E-state index contributed by atoms with van der Waals surface area (Å²) in [4.78, 5) is 2.23. The maximum absolute atomic E-state index is 12.2. The molecule has 2 aliphatic rings. The number of hydrogen-bond donors (Lipinski definition) is 1. The molecule has 2 rings (SSSR count). The molecule has 0 radical (unpaired) electrons. The minimum Gasteiger partial charge on any atom is -0.329 e. The van der Waals surface area contributed by atoms with Crippen molar-refractivity contribution in [3.05, 3.63) is 0 Å². The molecule has 0 aromatic carbocycles. The molecular formula is C13H26N2O2S3. The summed E-state index contributed by atoms with van der Waals surface area (Å²) in [6.45, 7) is 5.86. The maximum Gasteiger partial charge on any atom is 0.164 e. The highest BCUT2D eigenvalue weighted by molar-refractivity contribution is 8.01. The molecule has 0 aromatic heterocycles. The van der Waals surface area contributed by atoms with Crippen molar-refractivity contribution < 1.29 is 8.42 Å². The van der Waals surface area contributed by atoms with Gasteiger partial charge in [-0.1, -0.05) is 13.8 Å². The smallest absolute Gasteiger partial charge is 0.164 e. The first-order valence-corrected chi connectivity index (χ1v) is 11.3. The van der Waals surface area contributed by atoms with Gasteiger partial charge in [-0.15, -0.1) is 0 Å². The van der Waals surface area contributed by atoms with Crippen LogP contribution < -0.4 is 5.73 Å². The van der Waals surface area contributed by atoms with E-state index in [4.69, 9.17) is 5.73 Å². The van der Waals surface area contributed by atoms with Crippen molar-refractivity contribution in [3.8, 4) is 0 Å². The van der Waals surface area contributed by atoms with Crippen LogP contribution in [0.3, 0.4) is 0 Å². The second-order valence-corrected chi connectivity index (χ2v) is 10.9. The molecule has 2 saturated heterocycles. The summed E-state index contributed by atoms with van der Waals surface area (Å²) in [6.07, 6.45) is 2.46. The normalized spacial score (nSPS) is 35.9. The Balaban J connectivity index is 2.42. The number of nitrogens with two attached hydrogens (primary N) is 1. The van der Waals surface area contributed by atoms with E-state index in [1.54, 1.807) is 11.8 Å². The van der Waals surface area contributed by atoms with Gasteiger partial charge in [-0.05, 0) is 17.6 Å². The summed E-state index contributed by atoms with van der Waals surface area (Å²) < 4.78 is 24.4. The number of rotatable bonds is 3. The van der Waals surface area contributed by atoms with Crippen molar-refractivity contribution in [1.29, 1.82) is 0 Å². The summed E-state index contributed by atoms with van der Waals surface area (Å²) in [7, 11) is -3.08. The average Bonchev–Trinajstić information content (AvgIpc) is 2.38. The van der Waals surface area contributed by atoms with Gasteiger partial charge in [0.25, 0.3) is 0 Å². The molecule has 2 heterocycles. The largest absolute Gasteiger partial charge is 0.329 e. The van der Waals surface area contributed by atoms with Gasteiger partial charge >= 0.3 is 0 Å². The molecule has 0 saturated carbocycles.